The Bertz CT molecular complexity index is 427. The lowest BCUT2D eigenvalue weighted by Crippen LogP contribution is -2.38. The van der Waals surface area contributed by atoms with Gasteiger partial charge >= 0.3 is 6.03 Å². The number of anilines is 1. The molecule has 1 aliphatic rings. The van der Waals surface area contributed by atoms with E-state index in [1.807, 2.05) is 30.1 Å². The van der Waals surface area contributed by atoms with Crippen molar-refractivity contribution in [3.8, 4) is 0 Å². The molecule has 0 radical (unpaired) electrons. The lowest BCUT2D eigenvalue weighted by molar-refractivity contribution is 0.200. The topological polar surface area (TPSA) is 44.4 Å². The molecule has 4 heteroatoms. The molecule has 0 saturated carbocycles. The Morgan fingerprint density at radius 1 is 1.26 bits per heavy atom. The van der Waals surface area contributed by atoms with Crippen LogP contribution in [-0.2, 0) is 0 Å². The molecule has 0 spiro atoms. The van der Waals surface area contributed by atoms with Crippen LogP contribution in [0.15, 0.2) is 24.3 Å². The first kappa shape index (κ1) is 13.9. The highest BCUT2D eigenvalue weighted by Crippen LogP contribution is 2.18. The van der Waals surface area contributed by atoms with Gasteiger partial charge in [0.05, 0.1) is 0 Å². The second-order valence-corrected chi connectivity index (χ2v) is 5.11. The van der Waals surface area contributed by atoms with Crippen LogP contribution in [0.5, 0.6) is 0 Å². The standard InChI is InChI=1S/C15H23N3O/c1-12(16-2)13-7-6-8-14(11-13)17-15(19)18-9-4-3-5-10-18/h6-8,11-12,16H,3-5,9-10H2,1-2H3,(H,17,19). The fourth-order valence-corrected chi connectivity index (χ4v) is 2.35. The van der Waals surface area contributed by atoms with Crippen molar-refractivity contribution >= 4 is 11.7 Å². The third kappa shape index (κ3) is 3.70. The number of piperidine rings is 1. The summed E-state index contributed by atoms with van der Waals surface area (Å²) < 4.78 is 0. The number of benzene rings is 1. The Morgan fingerprint density at radius 2 is 2.00 bits per heavy atom. The number of nitrogens with zero attached hydrogens (tertiary/aromatic N) is 1. The summed E-state index contributed by atoms with van der Waals surface area (Å²) in [5.41, 5.74) is 2.05. The first-order valence-electron chi connectivity index (χ1n) is 7.04. The number of urea groups is 1. The Kier molecular flexibility index (Phi) is 4.80. The number of rotatable bonds is 3. The van der Waals surface area contributed by atoms with Crippen LogP contribution in [0.2, 0.25) is 0 Å². The third-order valence-corrected chi connectivity index (χ3v) is 3.71. The van der Waals surface area contributed by atoms with Gasteiger partial charge in [-0.25, -0.2) is 4.79 Å². The average Bonchev–Trinajstić information content (AvgIpc) is 2.47. The highest BCUT2D eigenvalue weighted by atomic mass is 16.2. The number of hydrogen-bond acceptors (Lipinski definition) is 2. The van der Waals surface area contributed by atoms with Crippen LogP contribution < -0.4 is 10.6 Å². The summed E-state index contributed by atoms with van der Waals surface area (Å²) >= 11 is 0. The molecule has 0 aromatic heterocycles. The molecular weight excluding hydrogens is 238 g/mol. The van der Waals surface area contributed by atoms with Crippen LogP contribution >= 0.6 is 0 Å². The van der Waals surface area contributed by atoms with E-state index in [2.05, 4.69) is 23.6 Å². The molecule has 1 aromatic carbocycles. The number of carbonyl (C=O) groups excluding carboxylic acids is 1. The van der Waals surface area contributed by atoms with E-state index >= 15 is 0 Å². The van der Waals surface area contributed by atoms with E-state index < -0.39 is 0 Å². The molecule has 104 valence electrons. The summed E-state index contributed by atoms with van der Waals surface area (Å²) in [5.74, 6) is 0. The molecule has 1 fully saturated rings. The number of likely N-dealkylation sites (tertiary alicyclic amines) is 1. The number of hydrogen-bond donors (Lipinski definition) is 2. The van der Waals surface area contributed by atoms with Gasteiger partial charge in [-0.2, -0.15) is 0 Å². The van der Waals surface area contributed by atoms with Crippen molar-refractivity contribution in [2.24, 2.45) is 0 Å². The molecule has 2 rings (SSSR count). The monoisotopic (exact) mass is 261 g/mol. The number of amides is 2. The zero-order valence-electron chi connectivity index (χ0n) is 11.8. The summed E-state index contributed by atoms with van der Waals surface area (Å²) in [4.78, 5) is 14.0. The van der Waals surface area contributed by atoms with Gasteiger partial charge in [0, 0.05) is 24.8 Å². The van der Waals surface area contributed by atoms with Gasteiger partial charge < -0.3 is 15.5 Å². The zero-order chi connectivity index (χ0) is 13.7. The average molecular weight is 261 g/mol. The van der Waals surface area contributed by atoms with Crippen LogP contribution in [0.3, 0.4) is 0 Å². The van der Waals surface area contributed by atoms with Gasteiger partial charge in [-0.3, -0.25) is 0 Å². The second-order valence-electron chi connectivity index (χ2n) is 5.11. The predicted octanol–water partition coefficient (Wildman–Crippen LogP) is 2.98. The first-order chi connectivity index (χ1) is 9.20. The molecule has 1 atom stereocenters. The minimum atomic E-state index is 0.0222. The van der Waals surface area contributed by atoms with Crippen molar-refractivity contribution in [3.05, 3.63) is 29.8 Å². The van der Waals surface area contributed by atoms with Crippen LogP contribution in [0.25, 0.3) is 0 Å². The molecule has 1 unspecified atom stereocenters. The van der Waals surface area contributed by atoms with Crippen LogP contribution in [0.1, 0.15) is 37.8 Å². The molecule has 2 N–H and O–H groups in total. The highest BCUT2D eigenvalue weighted by molar-refractivity contribution is 5.89. The van der Waals surface area contributed by atoms with Crippen molar-refractivity contribution < 1.29 is 4.79 Å². The Hall–Kier alpha value is -1.55. The van der Waals surface area contributed by atoms with Crippen LogP contribution in [-0.4, -0.2) is 31.1 Å². The van der Waals surface area contributed by atoms with E-state index in [0.29, 0.717) is 0 Å². The fraction of sp³-hybridized carbons (Fsp3) is 0.533. The summed E-state index contributed by atoms with van der Waals surface area (Å²) in [7, 11) is 1.93. The van der Waals surface area contributed by atoms with Gasteiger partial charge in [-0.1, -0.05) is 12.1 Å². The lowest BCUT2D eigenvalue weighted by atomic mass is 10.1. The molecule has 1 heterocycles. The Morgan fingerprint density at radius 3 is 2.68 bits per heavy atom. The first-order valence-corrected chi connectivity index (χ1v) is 7.04. The van der Waals surface area contributed by atoms with Crippen molar-refractivity contribution in [1.82, 2.24) is 10.2 Å². The van der Waals surface area contributed by atoms with E-state index in [1.54, 1.807) is 0 Å². The largest absolute Gasteiger partial charge is 0.325 e. The molecule has 1 aromatic rings. The van der Waals surface area contributed by atoms with Gasteiger partial charge in [0.25, 0.3) is 0 Å². The second kappa shape index (κ2) is 6.57. The molecule has 4 nitrogen and oxygen atoms in total. The fourth-order valence-electron chi connectivity index (χ4n) is 2.35. The summed E-state index contributed by atoms with van der Waals surface area (Å²) in [6.45, 7) is 3.85. The minimum Gasteiger partial charge on any atom is -0.325 e. The van der Waals surface area contributed by atoms with Crippen molar-refractivity contribution in [3.63, 3.8) is 0 Å². The van der Waals surface area contributed by atoms with Crippen LogP contribution in [0, 0.1) is 0 Å². The molecule has 1 saturated heterocycles. The summed E-state index contributed by atoms with van der Waals surface area (Å²) in [6, 6.07) is 8.32. The number of carbonyl (C=O) groups is 1. The molecule has 0 aliphatic carbocycles. The van der Waals surface area contributed by atoms with Gasteiger partial charge in [0.2, 0.25) is 0 Å². The van der Waals surface area contributed by atoms with Gasteiger partial charge in [-0.05, 0) is 50.9 Å². The molecule has 2 amide bonds. The maximum Gasteiger partial charge on any atom is 0.321 e. The highest BCUT2D eigenvalue weighted by Gasteiger charge is 2.16. The normalized spacial score (nSPS) is 17.1. The number of nitrogens with one attached hydrogen (secondary N) is 2. The lowest BCUT2D eigenvalue weighted by Gasteiger charge is -2.27. The van der Waals surface area contributed by atoms with Crippen molar-refractivity contribution in [2.45, 2.75) is 32.2 Å². The van der Waals surface area contributed by atoms with Crippen molar-refractivity contribution in [2.75, 3.05) is 25.5 Å². The van der Waals surface area contributed by atoms with E-state index in [1.165, 1.54) is 12.0 Å². The van der Waals surface area contributed by atoms with E-state index in [4.69, 9.17) is 0 Å². The molecule has 1 aliphatic heterocycles. The summed E-state index contributed by atoms with van der Waals surface area (Å²) in [6.07, 6.45) is 3.47. The maximum absolute atomic E-state index is 12.1. The van der Waals surface area contributed by atoms with Crippen molar-refractivity contribution in [1.29, 1.82) is 0 Å². The Balaban J connectivity index is 2.00. The van der Waals surface area contributed by atoms with E-state index in [-0.39, 0.29) is 12.1 Å². The molecule has 19 heavy (non-hydrogen) atoms. The molecule has 0 bridgehead atoms. The zero-order valence-corrected chi connectivity index (χ0v) is 11.8. The molecular formula is C15H23N3O. The van der Waals surface area contributed by atoms with Gasteiger partial charge in [0.15, 0.2) is 0 Å². The van der Waals surface area contributed by atoms with Crippen LogP contribution in [0.4, 0.5) is 10.5 Å². The third-order valence-electron chi connectivity index (χ3n) is 3.71. The predicted molar refractivity (Wildman–Crippen MR) is 78.4 cm³/mol. The maximum atomic E-state index is 12.1. The Labute approximate surface area is 115 Å². The smallest absolute Gasteiger partial charge is 0.321 e. The summed E-state index contributed by atoms with van der Waals surface area (Å²) in [5, 5.41) is 6.19. The SMILES string of the molecule is CNC(C)c1cccc(NC(=O)N2CCCCC2)c1. The minimum absolute atomic E-state index is 0.0222. The van der Waals surface area contributed by atoms with E-state index in [0.717, 1.165) is 31.6 Å². The van der Waals surface area contributed by atoms with Gasteiger partial charge in [0.1, 0.15) is 0 Å². The van der Waals surface area contributed by atoms with Gasteiger partial charge in [-0.15, -0.1) is 0 Å². The van der Waals surface area contributed by atoms with E-state index in [9.17, 15) is 4.79 Å². The quantitative estimate of drug-likeness (QED) is 0.878.